The normalized spacial score (nSPS) is 15.6. The van der Waals surface area contributed by atoms with Crippen molar-refractivity contribution in [2.75, 3.05) is 19.8 Å². The third kappa shape index (κ3) is 8.12. The maximum Gasteiger partial charge on any atom is 0.308 e. The lowest BCUT2D eigenvalue weighted by Crippen LogP contribution is -2.46. The summed E-state index contributed by atoms with van der Waals surface area (Å²) in [4.78, 5) is 28.8. The number of nitrogens with zero attached hydrogens (tertiary/aromatic N) is 2. The van der Waals surface area contributed by atoms with Crippen LogP contribution in [0.5, 0.6) is 0 Å². The summed E-state index contributed by atoms with van der Waals surface area (Å²) in [6.07, 6.45) is 7.77. The molecule has 1 rings (SSSR count). The molecule has 0 aromatic carbocycles. The Labute approximate surface area is 162 Å². The molecule has 0 saturated heterocycles. The van der Waals surface area contributed by atoms with E-state index in [1.165, 1.54) is 0 Å². The molecule has 0 aliphatic carbocycles. The molecule has 1 N–H and O–H groups in total. The van der Waals surface area contributed by atoms with E-state index in [0.29, 0.717) is 13.0 Å². The SMILES string of the molecule is CCC(C)OCC(C)(COC(=O)C(C)CC)C(=O)NCCCn1ccnc1. The molecule has 1 aromatic heterocycles. The van der Waals surface area contributed by atoms with Crippen LogP contribution in [0.4, 0.5) is 0 Å². The number of esters is 1. The predicted octanol–water partition coefficient (Wildman–Crippen LogP) is 2.80. The molecule has 3 unspecified atom stereocenters. The van der Waals surface area contributed by atoms with Crippen LogP contribution in [0.1, 0.15) is 53.9 Å². The number of hydrogen-bond acceptors (Lipinski definition) is 5. The van der Waals surface area contributed by atoms with Gasteiger partial charge in [-0.15, -0.1) is 0 Å². The Kier molecular flexibility index (Phi) is 10.1. The molecule has 0 bridgehead atoms. The predicted molar refractivity (Wildman–Crippen MR) is 104 cm³/mol. The van der Waals surface area contributed by atoms with Crippen molar-refractivity contribution in [1.29, 1.82) is 0 Å². The molecule has 0 saturated carbocycles. The van der Waals surface area contributed by atoms with Gasteiger partial charge in [0.2, 0.25) is 5.91 Å². The summed E-state index contributed by atoms with van der Waals surface area (Å²) in [5, 5.41) is 2.95. The van der Waals surface area contributed by atoms with Crippen molar-refractivity contribution in [3.05, 3.63) is 18.7 Å². The molecule has 1 amide bonds. The first kappa shape index (κ1) is 23.1. The molecule has 27 heavy (non-hydrogen) atoms. The van der Waals surface area contributed by atoms with Crippen molar-refractivity contribution in [3.8, 4) is 0 Å². The highest BCUT2D eigenvalue weighted by Crippen LogP contribution is 2.21. The molecule has 3 atom stereocenters. The van der Waals surface area contributed by atoms with E-state index in [1.54, 1.807) is 19.4 Å². The summed E-state index contributed by atoms with van der Waals surface area (Å²) in [5.41, 5.74) is -0.915. The van der Waals surface area contributed by atoms with Crippen molar-refractivity contribution in [2.45, 2.75) is 66.5 Å². The van der Waals surface area contributed by atoms with Gasteiger partial charge >= 0.3 is 5.97 Å². The first-order valence-corrected chi connectivity index (χ1v) is 9.84. The lowest BCUT2D eigenvalue weighted by molar-refractivity contribution is -0.157. The summed E-state index contributed by atoms with van der Waals surface area (Å²) < 4.78 is 13.2. The van der Waals surface area contributed by atoms with Crippen LogP contribution in [-0.2, 0) is 25.6 Å². The molecule has 0 aliphatic rings. The largest absolute Gasteiger partial charge is 0.464 e. The number of carbonyl (C=O) groups is 2. The van der Waals surface area contributed by atoms with E-state index in [1.807, 2.05) is 38.5 Å². The average molecular weight is 382 g/mol. The molecule has 1 heterocycles. The topological polar surface area (TPSA) is 82.5 Å². The number of ether oxygens (including phenoxy) is 2. The van der Waals surface area contributed by atoms with E-state index < -0.39 is 5.41 Å². The second-order valence-corrected chi connectivity index (χ2v) is 7.42. The third-order valence-corrected chi connectivity index (χ3v) is 4.80. The van der Waals surface area contributed by atoms with Gasteiger partial charge < -0.3 is 19.4 Å². The Morgan fingerprint density at radius 1 is 1.22 bits per heavy atom. The summed E-state index contributed by atoms with van der Waals surface area (Å²) in [6, 6.07) is 0. The van der Waals surface area contributed by atoms with Gasteiger partial charge in [0.1, 0.15) is 12.0 Å². The number of hydrogen-bond donors (Lipinski definition) is 1. The van der Waals surface area contributed by atoms with Crippen LogP contribution in [0.2, 0.25) is 0 Å². The van der Waals surface area contributed by atoms with Crippen molar-refractivity contribution in [3.63, 3.8) is 0 Å². The number of imidazole rings is 1. The lowest BCUT2D eigenvalue weighted by atomic mass is 9.91. The molecular formula is C20H35N3O4. The zero-order chi connectivity index (χ0) is 20.3. The fourth-order valence-corrected chi connectivity index (χ4v) is 2.25. The Morgan fingerprint density at radius 2 is 1.96 bits per heavy atom. The van der Waals surface area contributed by atoms with Gasteiger partial charge in [-0.05, 0) is 33.1 Å². The number of amides is 1. The minimum atomic E-state index is -0.915. The molecule has 7 nitrogen and oxygen atoms in total. The molecule has 154 valence electrons. The van der Waals surface area contributed by atoms with E-state index in [9.17, 15) is 9.59 Å². The van der Waals surface area contributed by atoms with Crippen LogP contribution in [-0.4, -0.2) is 47.3 Å². The Hall–Kier alpha value is -1.89. The molecular weight excluding hydrogens is 346 g/mol. The second kappa shape index (κ2) is 11.7. The van der Waals surface area contributed by atoms with Crippen LogP contribution in [0.3, 0.4) is 0 Å². The summed E-state index contributed by atoms with van der Waals surface area (Å²) in [6.45, 7) is 11.1. The second-order valence-electron chi connectivity index (χ2n) is 7.42. The number of aryl methyl sites for hydroxylation is 1. The van der Waals surface area contributed by atoms with E-state index >= 15 is 0 Å². The maximum atomic E-state index is 12.8. The van der Waals surface area contributed by atoms with E-state index in [2.05, 4.69) is 10.3 Å². The zero-order valence-electron chi connectivity index (χ0n) is 17.4. The van der Waals surface area contributed by atoms with E-state index in [-0.39, 0.29) is 37.1 Å². The van der Waals surface area contributed by atoms with Crippen LogP contribution in [0.15, 0.2) is 18.7 Å². The molecule has 0 spiro atoms. The monoisotopic (exact) mass is 381 g/mol. The van der Waals surface area contributed by atoms with Crippen LogP contribution in [0, 0.1) is 11.3 Å². The lowest BCUT2D eigenvalue weighted by Gasteiger charge is -2.29. The van der Waals surface area contributed by atoms with Crippen molar-refractivity contribution in [2.24, 2.45) is 11.3 Å². The van der Waals surface area contributed by atoms with Crippen LogP contribution < -0.4 is 5.32 Å². The minimum absolute atomic E-state index is 0.0139. The van der Waals surface area contributed by atoms with Crippen molar-refractivity contribution in [1.82, 2.24) is 14.9 Å². The van der Waals surface area contributed by atoms with Gasteiger partial charge in [-0.3, -0.25) is 9.59 Å². The maximum absolute atomic E-state index is 12.8. The summed E-state index contributed by atoms with van der Waals surface area (Å²) in [5.74, 6) is -0.614. The van der Waals surface area contributed by atoms with Crippen LogP contribution >= 0.6 is 0 Å². The zero-order valence-corrected chi connectivity index (χ0v) is 17.4. The fraction of sp³-hybridized carbons (Fsp3) is 0.750. The Bertz CT molecular complexity index is 562. The van der Waals surface area contributed by atoms with Gasteiger partial charge in [0, 0.05) is 25.5 Å². The quantitative estimate of drug-likeness (QED) is 0.420. The van der Waals surface area contributed by atoms with Gasteiger partial charge in [0.25, 0.3) is 0 Å². The van der Waals surface area contributed by atoms with Crippen LogP contribution in [0.25, 0.3) is 0 Å². The van der Waals surface area contributed by atoms with E-state index in [4.69, 9.17) is 9.47 Å². The molecule has 0 aliphatic heterocycles. The smallest absolute Gasteiger partial charge is 0.308 e. The number of carbonyl (C=O) groups excluding carboxylic acids is 2. The van der Waals surface area contributed by atoms with Gasteiger partial charge in [-0.25, -0.2) is 4.98 Å². The standard InChI is InChI=1S/C20H35N3O4/c1-6-16(3)18(24)27-14-20(5,13-26-17(4)7-2)19(25)22-9-8-11-23-12-10-21-15-23/h10,12,15-17H,6-9,11,13-14H2,1-5H3,(H,22,25). The first-order chi connectivity index (χ1) is 12.8. The van der Waals surface area contributed by atoms with Gasteiger partial charge in [-0.1, -0.05) is 20.8 Å². The number of nitrogens with one attached hydrogen (secondary N) is 1. The third-order valence-electron chi connectivity index (χ3n) is 4.80. The van der Waals surface area contributed by atoms with E-state index in [0.717, 1.165) is 19.4 Å². The molecule has 1 aromatic rings. The Morgan fingerprint density at radius 3 is 2.56 bits per heavy atom. The molecule has 0 radical (unpaired) electrons. The minimum Gasteiger partial charge on any atom is -0.464 e. The van der Waals surface area contributed by atoms with Gasteiger partial charge in [-0.2, -0.15) is 0 Å². The fourth-order valence-electron chi connectivity index (χ4n) is 2.25. The molecule has 0 fully saturated rings. The summed E-state index contributed by atoms with van der Waals surface area (Å²) in [7, 11) is 0. The molecule has 7 heteroatoms. The number of aromatic nitrogens is 2. The highest BCUT2D eigenvalue weighted by atomic mass is 16.5. The first-order valence-electron chi connectivity index (χ1n) is 9.84. The van der Waals surface area contributed by atoms with Crippen molar-refractivity contribution >= 4 is 11.9 Å². The highest BCUT2D eigenvalue weighted by Gasteiger charge is 2.36. The van der Waals surface area contributed by atoms with Crippen molar-refractivity contribution < 1.29 is 19.1 Å². The van der Waals surface area contributed by atoms with Gasteiger partial charge in [0.15, 0.2) is 0 Å². The average Bonchev–Trinajstić information content (AvgIpc) is 3.20. The summed E-state index contributed by atoms with van der Waals surface area (Å²) >= 11 is 0. The Balaban J connectivity index is 2.58. The highest BCUT2D eigenvalue weighted by molar-refractivity contribution is 5.83. The number of rotatable bonds is 13. The van der Waals surface area contributed by atoms with Gasteiger partial charge in [0.05, 0.1) is 25.0 Å².